The van der Waals surface area contributed by atoms with Crippen LogP contribution in [0.2, 0.25) is 0 Å². The van der Waals surface area contributed by atoms with Gasteiger partial charge >= 0.3 is 0 Å². The van der Waals surface area contributed by atoms with E-state index in [0.717, 1.165) is 28.8 Å². The second-order valence-corrected chi connectivity index (χ2v) is 6.15. The highest BCUT2D eigenvalue weighted by Crippen LogP contribution is 2.38. The van der Waals surface area contributed by atoms with Crippen LogP contribution < -0.4 is 9.47 Å². The van der Waals surface area contributed by atoms with Gasteiger partial charge in [-0.1, -0.05) is 6.92 Å². The standard InChI is InChI=1S/C20H22N2O4/c1-5-13-11(2)21-22-20(15-10-17(24)16(23)9-14(13)15)12-6-7-18(25-3)19(8-12)26-4/h6-10,13,23-24H,5H2,1-4H3/t13-/m0/s1. The van der Waals surface area contributed by atoms with E-state index in [1.54, 1.807) is 26.4 Å². The van der Waals surface area contributed by atoms with E-state index in [2.05, 4.69) is 17.1 Å². The number of hydrogen-bond donors (Lipinski definition) is 2. The SMILES string of the molecule is CC[C@H]1C(C)=NN=C(c2ccc(OC)c(OC)c2)c2cc(O)c(O)cc21. The molecule has 6 nitrogen and oxygen atoms in total. The Bertz CT molecular complexity index is 903. The Morgan fingerprint density at radius 2 is 1.65 bits per heavy atom. The van der Waals surface area contributed by atoms with E-state index < -0.39 is 0 Å². The fourth-order valence-corrected chi connectivity index (χ4v) is 3.28. The lowest BCUT2D eigenvalue weighted by Gasteiger charge is -2.18. The van der Waals surface area contributed by atoms with Crippen molar-refractivity contribution in [2.45, 2.75) is 26.2 Å². The molecule has 1 atom stereocenters. The van der Waals surface area contributed by atoms with E-state index in [9.17, 15) is 10.2 Å². The summed E-state index contributed by atoms with van der Waals surface area (Å²) in [4.78, 5) is 0. The van der Waals surface area contributed by atoms with Crippen LogP contribution in [0.4, 0.5) is 0 Å². The molecule has 0 amide bonds. The van der Waals surface area contributed by atoms with Gasteiger partial charge in [0.1, 0.15) is 5.71 Å². The van der Waals surface area contributed by atoms with Crippen LogP contribution in [0.3, 0.4) is 0 Å². The molecular formula is C20H22N2O4. The molecule has 1 aliphatic rings. The number of rotatable bonds is 4. The van der Waals surface area contributed by atoms with Gasteiger partial charge in [-0.2, -0.15) is 5.10 Å². The number of ether oxygens (including phenoxy) is 2. The molecule has 6 heteroatoms. The molecular weight excluding hydrogens is 332 g/mol. The maximum absolute atomic E-state index is 10.1. The average Bonchev–Trinajstić information content (AvgIpc) is 2.77. The lowest BCUT2D eigenvalue weighted by Crippen LogP contribution is -2.12. The van der Waals surface area contributed by atoms with E-state index in [1.165, 1.54) is 6.07 Å². The lowest BCUT2D eigenvalue weighted by molar-refractivity contribution is 0.355. The molecule has 3 rings (SSSR count). The van der Waals surface area contributed by atoms with E-state index in [0.29, 0.717) is 17.2 Å². The Balaban J connectivity index is 2.24. The van der Waals surface area contributed by atoms with E-state index in [4.69, 9.17) is 9.47 Å². The Kier molecular flexibility index (Phi) is 4.84. The quantitative estimate of drug-likeness (QED) is 0.817. The summed E-state index contributed by atoms with van der Waals surface area (Å²) >= 11 is 0. The molecule has 2 aromatic rings. The highest BCUT2D eigenvalue weighted by Gasteiger charge is 2.25. The average molecular weight is 354 g/mol. The highest BCUT2D eigenvalue weighted by molar-refractivity contribution is 6.16. The summed E-state index contributed by atoms with van der Waals surface area (Å²) in [7, 11) is 3.15. The van der Waals surface area contributed by atoms with Gasteiger partial charge in [0.15, 0.2) is 23.0 Å². The van der Waals surface area contributed by atoms with Crippen molar-refractivity contribution < 1.29 is 19.7 Å². The zero-order valence-corrected chi connectivity index (χ0v) is 15.3. The van der Waals surface area contributed by atoms with Crippen molar-refractivity contribution in [1.29, 1.82) is 0 Å². The molecule has 26 heavy (non-hydrogen) atoms. The Morgan fingerprint density at radius 1 is 0.962 bits per heavy atom. The van der Waals surface area contributed by atoms with Gasteiger partial charge in [-0.25, -0.2) is 0 Å². The van der Waals surface area contributed by atoms with Gasteiger partial charge in [0.05, 0.1) is 14.2 Å². The van der Waals surface area contributed by atoms with Crippen LogP contribution >= 0.6 is 0 Å². The number of hydrogen-bond acceptors (Lipinski definition) is 6. The van der Waals surface area contributed by atoms with Gasteiger partial charge in [0.2, 0.25) is 0 Å². The van der Waals surface area contributed by atoms with Crippen molar-refractivity contribution in [3.8, 4) is 23.0 Å². The first-order valence-electron chi connectivity index (χ1n) is 8.40. The Morgan fingerprint density at radius 3 is 2.31 bits per heavy atom. The third-order valence-corrected chi connectivity index (χ3v) is 4.65. The van der Waals surface area contributed by atoms with E-state index in [-0.39, 0.29) is 17.4 Å². The van der Waals surface area contributed by atoms with E-state index >= 15 is 0 Å². The molecule has 0 aromatic heterocycles. The van der Waals surface area contributed by atoms with Gasteiger partial charge in [-0.15, -0.1) is 5.10 Å². The zero-order valence-electron chi connectivity index (χ0n) is 15.3. The number of benzene rings is 2. The number of fused-ring (bicyclic) bond motifs is 1. The molecule has 2 N–H and O–H groups in total. The van der Waals surface area contributed by atoms with Crippen LogP contribution in [0.25, 0.3) is 0 Å². The predicted octanol–water partition coefficient (Wildman–Crippen LogP) is 3.84. The molecule has 0 radical (unpaired) electrons. The highest BCUT2D eigenvalue weighted by atomic mass is 16.5. The van der Waals surface area contributed by atoms with Crippen LogP contribution in [-0.4, -0.2) is 35.9 Å². The number of nitrogens with zero attached hydrogens (tertiary/aromatic N) is 2. The number of aromatic hydroxyl groups is 2. The Labute approximate surface area is 152 Å². The molecule has 0 saturated carbocycles. The monoisotopic (exact) mass is 354 g/mol. The van der Waals surface area contributed by atoms with Crippen LogP contribution in [-0.2, 0) is 0 Å². The van der Waals surface area contributed by atoms with Crippen molar-refractivity contribution in [3.05, 3.63) is 47.0 Å². The van der Waals surface area contributed by atoms with Gasteiger partial charge in [-0.3, -0.25) is 0 Å². The fraction of sp³-hybridized carbons (Fsp3) is 0.300. The normalized spacial score (nSPS) is 16.2. The summed E-state index contributed by atoms with van der Waals surface area (Å²) in [6, 6.07) is 8.62. The van der Waals surface area contributed by atoms with Crippen LogP contribution in [0, 0.1) is 0 Å². The first-order chi connectivity index (χ1) is 12.5. The maximum atomic E-state index is 10.1. The second-order valence-electron chi connectivity index (χ2n) is 6.15. The molecule has 0 aliphatic carbocycles. The molecule has 0 spiro atoms. The summed E-state index contributed by atoms with van der Waals surface area (Å²) in [5, 5.41) is 28.9. The minimum absolute atomic E-state index is 0.0119. The van der Waals surface area contributed by atoms with Crippen LogP contribution in [0.5, 0.6) is 23.0 Å². The van der Waals surface area contributed by atoms with Crippen molar-refractivity contribution in [1.82, 2.24) is 0 Å². The minimum atomic E-state index is -0.189. The first-order valence-corrected chi connectivity index (χ1v) is 8.40. The summed E-state index contributed by atoms with van der Waals surface area (Å²) in [6.07, 6.45) is 0.807. The van der Waals surface area contributed by atoms with Crippen molar-refractivity contribution in [2.24, 2.45) is 10.2 Å². The number of phenolic OH excluding ortho intramolecular Hbond substituents is 2. The minimum Gasteiger partial charge on any atom is -0.504 e. The van der Waals surface area contributed by atoms with Crippen molar-refractivity contribution >= 4 is 11.4 Å². The van der Waals surface area contributed by atoms with Gasteiger partial charge in [0, 0.05) is 22.8 Å². The second kappa shape index (κ2) is 7.07. The van der Waals surface area contributed by atoms with Crippen LogP contribution in [0.15, 0.2) is 40.5 Å². The first kappa shape index (κ1) is 17.8. The summed E-state index contributed by atoms with van der Waals surface area (Å²) in [5.41, 5.74) is 3.86. The largest absolute Gasteiger partial charge is 0.504 e. The van der Waals surface area contributed by atoms with Gasteiger partial charge in [0.25, 0.3) is 0 Å². The van der Waals surface area contributed by atoms with Crippen molar-refractivity contribution in [3.63, 3.8) is 0 Å². The predicted molar refractivity (Wildman–Crippen MR) is 101 cm³/mol. The zero-order chi connectivity index (χ0) is 18.8. The van der Waals surface area contributed by atoms with Crippen molar-refractivity contribution in [2.75, 3.05) is 14.2 Å². The maximum Gasteiger partial charge on any atom is 0.161 e. The molecule has 0 bridgehead atoms. The summed E-state index contributed by atoms with van der Waals surface area (Å²) in [6.45, 7) is 3.97. The Hall–Kier alpha value is -3.02. The molecule has 2 aromatic carbocycles. The van der Waals surface area contributed by atoms with Gasteiger partial charge < -0.3 is 19.7 Å². The van der Waals surface area contributed by atoms with Gasteiger partial charge in [-0.05, 0) is 49.2 Å². The third-order valence-electron chi connectivity index (χ3n) is 4.65. The number of methoxy groups -OCH3 is 2. The molecule has 1 aliphatic heterocycles. The topological polar surface area (TPSA) is 83.6 Å². The molecule has 1 heterocycles. The fourth-order valence-electron chi connectivity index (χ4n) is 3.28. The summed E-state index contributed by atoms with van der Waals surface area (Å²) < 4.78 is 10.7. The number of phenols is 2. The third kappa shape index (κ3) is 2.98. The van der Waals surface area contributed by atoms with Crippen LogP contribution in [0.1, 0.15) is 42.9 Å². The molecule has 0 saturated heterocycles. The lowest BCUT2D eigenvalue weighted by atomic mass is 9.85. The van der Waals surface area contributed by atoms with E-state index in [1.807, 2.05) is 19.1 Å². The molecule has 0 unspecified atom stereocenters. The molecule has 0 fully saturated rings. The smallest absolute Gasteiger partial charge is 0.161 e. The molecule has 136 valence electrons. The summed E-state index contributed by atoms with van der Waals surface area (Å²) in [5.74, 6) is 0.868.